The first-order valence-electron chi connectivity index (χ1n) is 26.3. The smallest absolute Gasteiger partial charge is 0.341 e. The molecule has 0 bridgehead atoms. The van der Waals surface area contributed by atoms with Crippen LogP contribution >= 0.6 is 0 Å². The Bertz CT molecular complexity index is 2650. The number of amides is 2. The molecule has 4 aromatic carbocycles. The Hall–Kier alpha value is -6.34. The number of aliphatic hydroxyl groups is 1. The molecule has 0 aromatic heterocycles. The number of hydrogen-bond donors (Lipinski definition) is 4. The minimum Gasteiger partial charge on any atom is -0.478 e. The van der Waals surface area contributed by atoms with E-state index in [1.54, 1.807) is 12.1 Å². The lowest BCUT2D eigenvalue weighted by molar-refractivity contribution is -0.117. The van der Waals surface area contributed by atoms with E-state index < -0.39 is 36.3 Å². The van der Waals surface area contributed by atoms with E-state index >= 15 is 0 Å². The van der Waals surface area contributed by atoms with Crippen LogP contribution < -0.4 is 10.6 Å². The average Bonchev–Trinajstić information content (AvgIpc) is 3.35. The zero-order valence-corrected chi connectivity index (χ0v) is 44.8. The van der Waals surface area contributed by atoms with E-state index in [1.165, 1.54) is 47.5 Å². The van der Waals surface area contributed by atoms with Gasteiger partial charge in [-0.15, -0.1) is 0 Å². The molecule has 0 fully saturated rings. The second-order valence-electron chi connectivity index (χ2n) is 22.5. The third-order valence-electron chi connectivity index (χ3n) is 14.8. The van der Waals surface area contributed by atoms with E-state index in [0.717, 1.165) is 81.8 Å². The summed E-state index contributed by atoms with van der Waals surface area (Å²) in [5.74, 6) is -2.93. The van der Waals surface area contributed by atoms with Crippen molar-refractivity contribution in [2.75, 3.05) is 10.6 Å². The van der Waals surface area contributed by atoms with Crippen molar-refractivity contribution >= 4 is 46.6 Å². The summed E-state index contributed by atoms with van der Waals surface area (Å²) in [6, 6.07) is 23.9. The number of aliphatic hydroxyl groups excluding tert-OH is 1. The number of anilines is 2. The molecule has 6 rings (SSSR count). The lowest BCUT2D eigenvalue weighted by Crippen LogP contribution is -2.34. The summed E-state index contributed by atoms with van der Waals surface area (Å²) in [4.78, 5) is 65.4. The Morgan fingerprint density at radius 1 is 0.521 bits per heavy atom. The standard InChI is InChI=1S/C60H78N4O9/c1-11-13-15-17-19-49(65)72-63-51(41-25-31-45-47(37-41)59(7,8)35-33-57(45,3)4)53(66)62-44-29-23-40(24-30-44)56(70)71-50(20-18-16-14-12-2)73-64-52(54(67)61-43-27-21-39(22-28-43)55(68)69)42-26-32-46-48(38-42)60(9,10)36-34-58(46,5)6/h21-32,37-38,49-50,65H,11-20,33-36H2,1-10H3,(H,61,67)(H,62,66)(H,68,69)/b63-51?,64-52+. The molecular weight excluding hydrogens is 921 g/mol. The number of fused-ring (bicyclic) bond motifs is 2. The minimum atomic E-state index is -1.18. The molecule has 0 saturated carbocycles. The Morgan fingerprint density at radius 3 is 1.36 bits per heavy atom. The van der Waals surface area contributed by atoms with Crippen molar-refractivity contribution < 1.29 is 43.8 Å². The summed E-state index contributed by atoms with van der Waals surface area (Å²) in [5.41, 5.74) is 6.27. The molecule has 0 heterocycles. The highest BCUT2D eigenvalue weighted by Gasteiger charge is 2.39. The number of benzene rings is 4. The summed E-state index contributed by atoms with van der Waals surface area (Å²) < 4.78 is 5.97. The molecule has 2 unspecified atom stereocenters. The van der Waals surface area contributed by atoms with Gasteiger partial charge in [0.2, 0.25) is 6.29 Å². The highest BCUT2D eigenvalue weighted by Crippen LogP contribution is 2.47. The van der Waals surface area contributed by atoms with Gasteiger partial charge in [-0.3, -0.25) is 9.59 Å². The monoisotopic (exact) mass is 999 g/mol. The Balaban J connectivity index is 1.24. The molecule has 0 spiro atoms. The number of ether oxygens (including phenoxy) is 1. The van der Waals surface area contributed by atoms with Gasteiger partial charge < -0.3 is 35.3 Å². The zero-order valence-electron chi connectivity index (χ0n) is 44.8. The molecule has 2 atom stereocenters. The predicted molar refractivity (Wildman–Crippen MR) is 289 cm³/mol. The third kappa shape index (κ3) is 14.5. The molecular formula is C60H78N4O9. The van der Waals surface area contributed by atoms with E-state index in [1.807, 2.05) is 30.3 Å². The van der Waals surface area contributed by atoms with Crippen molar-refractivity contribution in [2.45, 2.75) is 193 Å². The summed E-state index contributed by atoms with van der Waals surface area (Å²) in [6.45, 7) is 21.9. The van der Waals surface area contributed by atoms with Crippen LogP contribution in [0.15, 0.2) is 95.2 Å². The first-order chi connectivity index (χ1) is 34.5. The van der Waals surface area contributed by atoms with Gasteiger partial charge in [-0.25, -0.2) is 9.59 Å². The number of carboxylic acid groups (broad SMARTS) is 1. The molecule has 4 N–H and O–H groups in total. The molecule has 0 saturated heterocycles. The van der Waals surface area contributed by atoms with Gasteiger partial charge in [-0.2, -0.15) is 0 Å². The highest BCUT2D eigenvalue weighted by atomic mass is 16.8. The first kappa shape index (κ1) is 56.0. The van der Waals surface area contributed by atoms with Gasteiger partial charge in [0.25, 0.3) is 18.1 Å². The average molecular weight is 999 g/mol. The Labute approximate surface area is 432 Å². The summed E-state index contributed by atoms with van der Waals surface area (Å²) in [6.07, 6.45) is 9.62. The molecule has 2 aliphatic carbocycles. The van der Waals surface area contributed by atoms with Crippen LogP contribution in [-0.2, 0) is 45.7 Å². The van der Waals surface area contributed by atoms with Crippen LogP contribution in [0.4, 0.5) is 11.4 Å². The first-order valence-corrected chi connectivity index (χ1v) is 26.3. The minimum absolute atomic E-state index is 0.00812. The van der Waals surface area contributed by atoms with E-state index in [2.05, 4.69) is 96.2 Å². The number of oxime groups is 2. The van der Waals surface area contributed by atoms with E-state index in [-0.39, 0.29) is 44.2 Å². The van der Waals surface area contributed by atoms with Gasteiger partial charge in [0, 0.05) is 35.3 Å². The largest absolute Gasteiger partial charge is 0.478 e. The van der Waals surface area contributed by atoms with Gasteiger partial charge in [-0.05, 0) is 143 Å². The third-order valence-corrected chi connectivity index (χ3v) is 14.8. The molecule has 392 valence electrons. The topological polar surface area (TPSA) is 185 Å². The molecule has 13 nitrogen and oxygen atoms in total. The van der Waals surface area contributed by atoms with Crippen LogP contribution in [0.25, 0.3) is 0 Å². The van der Waals surface area contributed by atoms with E-state index in [9.17, 15) is 29.4 Å². The maximum Gasteiger partial charge on any atom is 0.341 e. The number of esters is 1. The van der Waals surface area contributed by atoms with Gasteiger partial charge in [-0.1, -0.05) is 142 Å². The normalized spacial score (nSPS) is 17.2. The van der Waals surface area contributed by atoms with Crippen LogP contribution in [0.1, 0.15) is 213 Å². The van der Waals surface area contributed by atoms with Crippen molar-refractivity contribution in [1.29, 1.82) is 0 Å². The number of carbonyl (C=O) groups is 4. The lowest BCUT2D eigenvalue weighted by Gasteiger charge is -2.42. The molecule has 0 radical (unpaired) electrons. The molecule has 13 heteroatoms. The predicted octanol–water partition coefficient (Wildman–Crippen LogP) is 13.2. The van der Waals surface area contributed by atoms with Crippen LogP contribution in [-0.4, -0.2) is 58.0 Å². The van der Waals surface area contributed by atoms with Crippen molar-refractivity contribution in [3.8, 4) is 0 Å². The maximum atomic E-state index is 14.2. The van der Waals surface area contributed by atoms with Crippen LogP contribution in [0.3, 0.4) is 0 Å². The van der Waals surface area contributed by atoms with Crippen LogP contribution in [0, 0.1) is 0 Å². The SMILES string of the molecule is CCCCCCC(O)ON=C(C(=O)Nc1ccc(C(=O)OC(CCCCCC)O/N=C(/C(=O)Nc2ccc(C(=O)O)cc2)c2ccc3c(c2)C(C)(C)CCC3(C)C)cc1)c1ccc2c(c1)C(C)(C)CCC2(C)C. The number of aromatic carboxylic acids is 1. The van der Waals surface area contributed by atoms with Crippen molar-refractivity contribution in [1.82, 2.24) is 0 Å². The summed E-state index contributed by atoms with van der Waals surface area (Å²) in [7, 11) is 0. The second-order valence-corrected chi connectivity index (χ2v) is 22.5. The lowest BCUT2D eigenvalue weighted by atomic mass is 9.63. The Kier molecular flexibility index (Phi) is 18.5. The molecule has 2 aliphatic rings. The van der Waals surface area contributed by atoms with E-state index in [0.29, 0.717) is 41.8 Å². The number of carbonyl (C=O) groups excluding carboxylic acids is 3. The summed E-state index contributed by atoms with van der Waals surface area (Å²) in [5, 5.41) is 34.6. The molecule has 2 amide bonds. The van der Waals surface area contributed by atoms with Crippen molar-refractivity contribution in [2.24, 2.45) is 10.3 Å². The van der Waals surface area contributed by atoms with Gasteiger partial charge >= 0.3 is 11.9 Å². The van der Waals surface area contributed by atoms with Gasteiger partial charge in [0.15, 0.2) is 11.4 Å². The van der Waals surface area contributed by atoms with E-state index in [4.69, 9.17) is 14.4 Å². The fourth-order valence-electron chi connectivity index (χ4n) is 9.77. The molecule has 0 aliphatic heterocycles. The maximum absolute atomic E-state index is 14.2. The molecule has 4 aromatic rings. The number of nitrogens with one attached hydrogen (secondary N) is 2. The fourth-order valence-corrected chi connectivity index (χ4v) is 9.77. The Morgan fingerprint density at radius 2 is 0.918 bits per heavy atom. The second kappa shape index (κ2) is 24.1. The molecule has 73 heavy (non-hydrogen) atoms. The summed E-state index contributed by atoms with van der Waals surface area (Å²) >= 11 is 0. The number of hydrogen-bond acceptors (Lipinski definition) is 10. The highest BCUT2D eigenvalue weighted by molar-refractivity contribution is 6.49. The van der Waals surface area contributed by atoms with Crippen molar-refractivity contribution in [3.05, 3.63) is 129 Å². The number of rotatable bonds is 23. The van der Waals surface area contributed by atoms with Gasteiger partial charge in [0.05, 0.1) is 11.1 Å². The quantitative estimate of drug-likeness (QED) is 0.0184. The van der Waals surface area contributed by atoms with Crippen LogP contribution in [0.2, 0.25) is 0 Å². The number of carboxylic acids is 1. The van der Waals surface area contributed by atoms with Crippen LogP contribution in [0.5, 0.6) is 0 Å². The fraction of sp³-hybridized carbons (Fsp3) is 0.500. The van der Waals surface area contributed by atoms with Crippen molar-refractivity contribution in [3.63, 3.8) is 0 Å². The number of nitrogens with zero attached hydrogens (tertiary/aromatic N) is 2. The zero-order chi connectivity index (χ0) is 53.1. The van der Waals surface area contributed by atoms with Gasteiger partial charge in [0.1, 0.15) is 0 Å². The number of unbranched alkanes of at least 4 members (excludes halogenated alkanes) is 6.